The lowest BCUT2D eigenvalue weighted by molar-refractivity contribution is -0.140. The molecule has 0 bridgehead atoms. The van der Waals surface area contributed by atoms with Crippen LogP contribution in [0.5, 0.6) is 17.2 Å². The zero-order valence-electron chi connectivity index (χ0n) is 22.5. The maximum atomic E-state index is 13.9. The third-order valence-electron chi connectivity index (χ3n) is 8.81. The number of nitrogens with zero attached hydrogens (tertiary/aromatic N) is 1. The van der Waals surface area contributed by atoms with Gasteiger partial charge in [-0.25, -0.2) is 0 Å². The molecule has 2 N–H and O–H groups in total. The highest BCUT2D eigenvalue weighted by molar-refractivity contribution is 9.10. The van der Waals surface area contributed by atoms with Crippen LogP contribution in [0.25, 0.3) is 0 Å². The van der Waals surface area contributed by atoms with Gasteiger partial charge in [0, 0.05) is 39.2 Å². The van der Waals surface area contributed by atoms with Crippen molar-refractivity contribution in [1.29, 1.82) is 0 Å². The van der Waals surface area contributed by atoms with Crippen LogP contribution in [-0.4, -0.2) is 52.1 Å². The SMILES string of the molecule is COc1cc(Br)cc(C2C3=CCC4C(=O)N(CCc5ccc(O)cc5)C(=O)C4C3CC3=C2C(=O)C=C(C)C3=O)c1O. The molecule has 2 aromatic rings. The summed E-state index contributed by atoms with van der Waals surface area (Å²) in [6, 6.07) is 9.97. The number of methoxy groups -OCH3 is 1. The first kappa shape index (κ1) is 27.2. The van der Waals surface area contributed by atoms with Crippen LogP contribution in [0.4, 0.5) is 0 Å². The van der Waals surface area contributed by atoms with Gasteiger partial charge in [-0.15, -0.1) is 0 Å². The summed E-state index contributed by atoms with van der Waals surface area (Å²) in [6.07, 6.45) is 4.19. The second kappa shape index (κ2) is 10.1. The molecule has 4 atom stereocenters. The Balaban J connectivity index is 1.42. The van der Waals surface area contributed by atoms with Gasteiger partial charge in [-0.05, 0) is 68.0 Å². The summed E-state index contributed by atoms with van der Waals surface area (Å²) in [5.74, 6) is -3.37. The van der Waals surface area contributed by atoms with Crippen molar-refractivity contribution in [2.24, 2.45) is 17.8 Å². The number of phenolic OH excluding ortho intramolecular Hbond substituents is 2. The number of ether oxygens (including phenoxy) is 1. The number of ketones is 2. The molecule has 2 aromatic carbocycles. The fourth-order valence-corrected chi connectivity index (χ4v) is 7.35. The number of likely N-dealkylation sites (tertiary alicyclic amines) is 1. The van der Waals surface area contributed by atoms with Crippen molar-refractivity contribution in [2.75, 3.05) is 13.7 Å². The molecule has 1 heterocycles. The number of Topliss-reactive ketones (excluding diaryl/α,β-unsaturated/α-hetero) is 1. The van der Waals surface area contributed by atoms with Crippen LogP contribution < -0.4 is 4.74 Å². The van der Waals surface area contributed by atoms with Gasteiger partial charge >= 0.3 is 0 Å². The van der Waals surface area contributed by atoms with Gasteiger partial charge in [0.2, 0.25) is 11.8 Å². The van der Waals surface area contributed by atoms with Crippen LogP contribution >= 0.6 is 15.9 Å². The van der Waals surface area contributed by atoms with E-state index in [0.29, 0.717) is 39.6 Å². The highest BCUT2D eigenvalue weighted by Gasteiger charge is 2.56. The quantitative estimate of drug-likeness (QED) is 0.287. The fraction of sp³-hybridized carbons (Fsp3) is 0.312. The highest BCUT2D eigenvalue weighted by atomic mass is 79.9. The van der Waals surface area contributed by atoms with E-state index in [4.69, 9.17) is 4.74 Å². The van der Waals surface area contributed by atoms with E-state index in [1.54, 1.807) is 43.3 Å². The van der Waals surface area contributed by atoms with Crippen molar-refractivity contribution in [3.05, 3.63) is 86.4 Å². The monoisotopic (exact) mass is 617 g/mol. The number of benzene rings is 2. The van der Waals surface area contributed by atoms with Gasteiger partial charge in [0.15, 0.2) is 23.1 Å². The predicted octanol–water partition coefficient (Wildman–Crippen LogP) is 4.54. The Kier molecular flexibility index (Phi) is 6.72. The number of rotatable bonds is 5. The van der Waals surface area contributed by atoms with E-state index in [1.165, 1.54) is 18.1 Å². The zero-order valence-corrected chi connectivity index (χ0v) is 24.1. The standard InChI is InChI=1S/C32H28BrNO7/c1-15-11-24(36)28-23(29(15)37)14-21-19(26(28)22-12-17(33)13-25(41-2)30(22)38)7-8-20-27(21)32(40)34(31(20)39)10-9-16-3-5-18(35)6-4-16/h3-7,11-13,20-21,26-27,35,38H,8-10,14H2,1-2H3. The summed E-state index contributed by atoms with van der Waals surface area (Å²) in [5.41, 5.74) is 3.01. The van der Waals surface area contributed by atoms with Crippen molar-refractivity contribution in [1.82, 2.24) is 4.90 Å². The average molecular weight is 618 g/mol. The Bertz CT molecular complexity index is 1620. The molecule has 9 heteroatoms. The molecule has 3 aliphatic carbocycles. The van der Waals surface area contributed by atoms with Crippen molar-refractivity contribution >= 4 is 39.3 Å². The molecule has 8 nitrogen and oxygen atoms in total. The summed E-state index contributed by atoms with van der Waals surface area (Å²) in [7, 11) is 1.43. The Hall–Kier alpha value is -3.98. The van der Waals surface area contributed by atoms with Gasteiger partial charge in [-0.2, -0.15) is 0 Å². The predicted molar refractivity (Wildman–Crippen MR) is 152 cm³/mol. The molecule has 1 fully saturated rings. The van der Waals surface area contributed by atoms with Gasteiger partial charge in [0.25, 0.3) is 0 Å². The second-order valence-electron chi connectivity index (χ2n) is 11.0. The molecule has 2 amide bonds. The van der Waals surface area contributed by atoms with E-state index in [0.717, 1.165) is 11.1 Å². The minimum Gasteiger partial charge on any atom is -0.508 e. The summed E-state index contributed by atoms with van der Waals surface area (Å²) < 4.78 is 6.00. The molecule has 0 spiro atoms. The molecule has 0 radical (unpaired) electrons. The largest absolute Gasteiger partial charge is 0.508 e. The summed E-state index contributed by atoms with van der Waals surface area (Å²) in [6.45, 7) is 1.81. The molecule has 41 heavy (non-hydrogen) atoms. The lowest BCUT2D eigenvalue weighted by atomic mass is 9.59. The molecule has 0 saturated carbocycles. The number of fused-ring (bicyclic) bond motifs is 3. The summed E-state index contributed by atoms with van der Waals surface area (Å²) >= 11 is 3.47. The van der Waals surface area contributed by atoms with E-state index >= 15 is 0 Å². The summed E-state index contributed by atoms with van der Waals surface area (Å²) in [4.78, 5) is 55.6. The van der Waals surface area contributed by atoms with Gasteiger partial charge in [0.1, 0.15) is 5.75 Å². The number of halogens is 1. The van der Waals surface area contributed by atoms with Crippen molar-refractivity contribution in [3.63, 3.8) is 0 Å². The van der Waals surface area contributed by atoms with E-state index < -0.39 is 23.7 Å². The lowest BCUT2D eigenvalue weighted by Gasteiger charge is -2.42. The highest BCUT2D eigenvalue weighted by Crippen LogP contribution is 2.57. The maximum Gasteiger partial charge on any atom is 0.233 e. The van der Waals surface area contributed by atoms with Crippen molar-refractivity contribution in [3.8, 4) is 17.2 Å². The fourth-order valence-electron chi connectivity index (χ4n) is 6.90. The van der Waals surface area contributed by atoms with Crippen molar-refractivity contribution in [2.45, 2.75) is 32.1 Å². The first-order chi connectivity index (χ1) is 19.6. The zero-order chi connectivity index (χ0) is 29.2. The lowest BCUT2D eigenvalue weighted by Crippen LogP contribution is -2.40. The molecule has 6 rings (SSSR count). The third-order valence-corrected chi connectivity index (χ3v) is 9.27. The maximum absolute atomic E-state index is 13.9. The molecule has 1 saturated heterocycles. The number of aromatic hydroxyl groups is 2. The third kappa shape index (κ3) is 4.34. The topological polar surface area (TPSA) is 121 Å². The molecule has 210 valence electrons. The molecule has 4 unspecified atom stereocenters. The number of hydrogen-bond donors (Lipinski definition) is 2. The number of allylic oxidation sites excluding steroid dienone is 6. The smallest absolute Gasteiger partial charge is 0.233 e. The van der Waals surface area contributed by atoms with E-state index in [-0.39, 0.29) is 53.6 Å². The number of carbonyl (C=O) groups excluding carboxylic acids is 4. The van der Waals surface area contributed by atoms with E-state index in [9.17, 15) is 29.4 Å². The van der Waals surface area contributed by atoms with Gasteiger partial charge < -0.3 is 14.9 Å². The van der Waals surface area contributed by atoms with Crippen LogP contribution in [-0.2, 0) is 25.6 Å². The minimum atomic E-state index is -0.772. The Morgan fingerprint density at radius 3 is 2.46 bits per heavy atom. The van der Waals surface area contributed by atoms with Crippen LogP contribution in [0, 0.1) is 17.8 Å². The normalized spacial score (nSPS) is 25.5. The van der Waals surface area contributed by atoms with Crippen LogP contribution in [0.1, 0.15) is 36.8 Å². The first-order valence-electron chi connectivity index (χ1n) is 13.5. The van der Waals surface area contributed by atoms with Crippen LogP contribution in [0.15, 0.2) is 75.3 Å². The Morgan fingerprint density at radius 1 is 1.02 bits per heavy atom. The van der Waals surface area contributed by atoms with Crippen LogP contribution in [0.2, 0.25) is 0 Å². The molecular formula is C32H28BrNO7. The molecular weight excluding hydrogens is 590 g/mol. The van der Waals surface area contributed by atoms with Crippen molar-refractivity contribution < 1.29 is 34.1 Å². The Morgan fingerprint density at radius 2 is 1.76 bits per heavy atom. The number of imide groups is 1. The second-order valence-corrected chi connectivity index (χ2v) is 11.9. The number of hydrogen-bond acceptors (Lipinski definition) is 7. The number of phenols is 2. The van der Waals surface area contributed by atoms with Crippen LogP contribution in [0.3, 0.4) is 0 Å². The molecule has 4 aliphatic rings. The summed E-state index contributed by atoms with van der Waals surface area (Å²) in [5, 5.41) is 20.8. The van der Waals surface area contributed by atoms with Gasteiger partial charge in [0.05, 0.1) is 18.9 Å². The average Bonchev–Trinajstić information content (AvgIpc) is 3.20. The number of amides is 2. The first-order valence-corrected chi connectivity index (χ1v) is 14.3. The Labute approximate surface area is 245 Å². The minimum absolute atomic E-state index is 0.141. The number of carbonyl (C=O) groups is 4. The van der Waals surface area contributed by atoms with E-state index in [1.807, 2.05) is 6.08 Å². The van der Waals surface area contributed by atoms with Gasteiger partial charge in [-0.3, -0.25) is 24.1 Å². The van der Waals surface area contributed by atoms with Gasteiger partial charge in [-0.1, -0.05) is 39.7 Å². The molecule has 1 aliphatic heterocycles. The molecule has 0 aromatic heterocycles. The van der Waals surface area contributed by atoms with E-state index in [2.05, 4.69) is 15.9 Å².